The first-order valence-electron chi connectivity index (χ1n) is 8.56. The van der Waals surface area contributed by atoms with Gasteiger partial charge in [0.1, 0.15) is 5.75 Å². The Hall–Kier alpha value is -3.32. The molecule has 0 saturated carbocycles. The van der Waals surface area contributed by atoms with Crippen molar-refractivity contribution in [3.63, 3.8) is 0 Å². The fourth-order valence-corrected chi connectivity index (χ4v) is 3.03. The molecule has 0 aromatic heterocycles. The number of rotatable bonds is 4. The van der Waals surface area contributed by atoms with Crippen LogP contribution in [0.1, 0.15) is 24.8 Å². The van der Waals surface area contributed by atoms with E-state index in [9.17, 15) is 10.1 Å². The van der Waals surface area contributed by atoms with Gasteiger partial charge in [-0.2, -0.15) is 5.26 Å². The van der Waals surface area contributed by atoms with Crippen molar-refractivity contribution in [1.82, 2.24) is 0 Å². The van der Waals surface area contributed by atoms with Crippen LogP contribution in [0.3, 0.4) is 0 Å². The SMILES string of the molecule is COc1ccc(N/C=C2/C(=O)CCCC(C#N)=C2c2ccccc2)cc1. The fourth-order valence-electron chi connectivity index (χ4n) is 3.03. The third-order valence-corrected chi connectivity index (χ3v) is 4.37. The van der Waals surface area contributed by atoms with Crippen molar-refractivity contribution in [3.8, 4) is 11.8 Å². The molecule has 1 N–H and O–H groups in total. The van der Waals surface area contributed by atoms with Crippen LogP contribution in [0.4, 0.5) is 5.69 Å². The zero-order valence-electron chi connectivity index (χ0n) is 14.7. The minimum atomic E-state index is 0.0510. The van der Waals surface area contributed by atoms with Crippen molar-refractivity contribution in [3.05, 3.63) is 77.5 Å². The molecule has 130 valence electrons. The average Bonchev–Trinajstić information content (AvgIpc) is 2.85. The first-order chi connectivity index (χ1) is 12.7. The molecule has 0 spiro atoms. The highest BCUT2D eigenvalue weighted by Crippen LogP contribution is 2.33. The van der Waals surface area contributed by atoms with Crippen molar-refractivity contribution < 1.29 is 9.53 Å². The Balaban J connectivity index is 2.01. The third-order valence-electron chi connectivity index (χ3n) is 4.37. The van der Waals surface area contributed by atoms with Gasteiger partial charge < -0.3 is 10.1 Å². The molecular formula is C22H20N2O2. The van der Waals surface area contributed by atoms with Crippen LogP contribution in [0.25, 0.3) is 5.57 Å². The topological polar surface area (TPSA) is 62.1 Å². The number of hydrogen-bond donors (Lipinski definition) is 1. The Bertz CT molecular complexity index is 888. The molecule has 2 aromatic carbocycles. The Morgan fingerprint density at radius 1 is 1.08 bits per heavy atom. The number of carbonyl (C=O) groups is 1. The van der Waals surface area contributed by atoms with Gasteiger partial charge in [-0.3, -0.25) is 4.79 Å². The molecule has 4 heteroatoms. The van der Waals surface area contributed by atoms with Crippen LogP contribution >= 0.6 is 0 Å². The van der Waals surface area contributed by atoms with E-state index in [0.29, 0.717) is 30.4 Å². The molecule has 2 aromatic rings. The molecule has 4 nitrogen and oxygen atoms in total. The number of hydrogen-bond acceptors (Lipinski definition) is 4. The van der Waals surface area contributed by atoms with Crippen LogP contribution in [0.2, 0.25) is 0 Å². The lowest BCUT2D eigenvalue weighted by Gasteiger charge is -2.12. The first-order valence-corrected chi connectivity index (χ1v) is 8.56. The molecular weight excluding hydrogens is 324 g/mol. The predicted octanol–water partition coefficient (Wildman–Crippen LogP) is 4.72. The van der Waals surface area contributed by atoms with E-state index in [-0.39, 0.29) is 5.78 Å². The zero-order valence-corrected chi connectivity index (χ0v) is 14.7. The molecule has 0 aliphatic heterocycles. The molecule has 3 rings (SSSR count). The maximum atomic E-state index is 12.7. The van der Waals surface area contributed by atoms with E-state index in [4.69, 9.17) is 4.74 Å². The number of ether oxygens (including phenoxy) is 1. The lowest BCUT2D eigenvalue weighted by molar-refractivity contribution is -0.115. The first kappa shape index (κ1) is 17.5. The third kappa shape index (κ3) is 3.84. The quantitative estimate of drug-likeness (QED) is 0.815. The van der Waals surface area contributed by atoms with E-state index >= 15 is 0 Å². The second-order valence-corrected chi connectivity index (χ2v) is 6.04. The molecule has 0 unspecified atom stereocenters. The number of Topliss-reactive ketones (excluding diaryl/α,β-unsaturated/α-hetero) is 1. The van der Waals surface area contributed by atoms with Gasteiger partial charge in [0, 0.05) is 35.0 Å². The van der Waals surface area contributed by atoms with Gasteiger partial charge in [0.25, 0.3) is 0 Å². The van der Waals surface area contributed by atoms with Gasteiger partial charge in [-0.1, -0.05) is 30.3 Å². The van der Waals surface area contributed by atoms with Crippen LogP contribution in [0, 0.1) is 11.3 Å². The molecule has 1 aliphatic rings. The van der Waals surface area contributed by atoms with Crippen LogP contribution < -0.4 is 10.1 Å². The maximum absolute atomic E-state index is 12.7. The van der Waals surface area contributed by atoms with Crippen LogP contribution in [0.15, 0.2) is 71.9 Å². The number of carbonyl (C=O) groups excluding carboxylic acids is 1. The number of methoxy groups -OCH3 is 1. The van der Waals surface area contributed by atoms with Gasteiger partial charge in [-0.25, -0.2) is 0 Å². The molecule has 1 aliphatic carbocycles. The van der Waals surface area contributed by atoms with Crippen molar-refractivity contribution in [2.24, 2.45) is 0 Å². The Morgan fingerprint density at radius 3 is 2.46 bits per heavy atom. The molecule has 0 radical (unpaired) electrons. The molecule has 0 bridgehead atoms. The normalized spacial score (nSPS) is 16.2. The zero-order chi connectivity index (χ0) is 18.4. The lowest BCUT2D eigenvalue weighted by Crippen LogP contribution is -2.06. The van der Waals surface area contributed by atoms with E-state index in [2.05, 4.69) is 11.4 Å². The standard InChI is InChI=1S/C22H20N2O2/c1-26-19-12-10-18(11-13-19)24-15-20-21(25)9-5-8-17(14-23)22(20)16-6-3-2-4-7-16/h2-4,6-7,10-13,15,24H,5,8-9H2,1H3/b20-15-. The molecule has 0 saturated heterocycles. The molecule has 0 heterocycles. The van der Waals surface area contributed by atoms with Gasteiger partial charge in [0.05, 0.1) is 13.2 Å². The smallest absolute Gasteiger partial charge is 0.165 e. The maximum Gasteiger partial charge on any atom is 0.165 e. The van der Waals surface area contributed by atoms with Crippen molar-refractivity contribution in [2.75, 3.05) is 12.4 Å². The number of nitrogens with zero attached hydrogens (tertiary/aromatic N) is 1. The van der Waals surface area contributed by atoms with E-state index in [1.54, 1.807) is 13.3 Å². The summed E-state index contributed by atoms with van der Waals surface area (Å²) in [6.45, 7) is 0. The summed E-state index contributed by atoms with van der Waals surface area (Å²) < 4.78 is 5.16. The van der Waals surface area contributed by atoms with Crippen molar-refractivity contribution >= 4 is 17.0 Å². The molecule has 0 atom stereocenters. The largest absolute Gasteiger partial charge is 0.497 e. The van der Waals surface area contributed by atoms with Gasteiger partial charge in [-0.15, -0.1) is 0 Å². The summed E-state index contributed by atoms with van der Waals surface area (Å²) in [6, 6.07) is 19.4. The fraction of sp³-hybridized carbons (Fsp3) is 0.182. The van der Waals surface area contributed by atoms with Gasteiger partial charge in [0.15, 0.2) is 5.78 Å². The Morgan fingerprint density at radius 2 is 1.81 bits per heavy atom. The predicted molar refractivity (Wildman–Crippen MR) is 103 cm³/mol. The van der Waals surface area contributed by atoms with Crippen LogP contribution in [-0.2, 0) is 4.79 Å². The minimum Gasteiger partial charge on any atom is -0.497 e. The van der Waals surface area contributed by atoms with E-state index < -0.39 is 0 Å². The molecule has 0 fully saturated rings. The van der Waals surface area contributed by atoms with E-state index in [1.807, 2.05) is 54.6 Å². The van der Waals surface area contributed by atoms with Crippen LogP contribution in [-0.4, -0.2) is 12.9 Å². The monoisotopic (exact) mass is 344 g/mol. The highest BCUT2D eigenvalue weighted by molar-refractivity contribution is 6.12. The average molecular weight is 344 g/mol. The summed E-state index contributed by atoms with van der Waals surface area (Å²) >= 11 is 0. The summed E-state index contributed by atoms with van der Waals surface area (Å²) in [6.07, 6.45) is 3.47. The number of allylic oxidation sites excluding steroid dienone is 3. The number of nitriles is 1. The van der Waals surface area contributed by atoms with Gasteiger partial charge in [0.2, 0.25) is 0 Å². The van der Waals surface area contributed by atoms with Gasteiger partial charge in [-0.05, 0) is 42.7 Å². The van der Waals surface area contributed by atoms with Crippen LogP contribution in [0.5, 0.6) is 5.75 Å². The summed E-state index contributed by atoms with van der Waals surface area (Å²) in [4.78, 5) is 12.7. The number of nitrogens with one attached hydrogen (secondary N) is 1. The summed E-state index contributed by atoms with van der Waals surface area (Å²) in [5.41, 5.74) is 3.69. The van der Waals surface area contributed by atoms with E-state index in [0.717, 1.165) is 22.6 Å². The Kier molecular flexibility index (Phi) is 5.50. The van der Waals surface area contributed by atoms with E-state index in [1.165, 1.54) is 0 Å². The molecule has 0 amide bonds. The summed E-state index contributed by atoms with van der Waals surface area (Å²) in [7, 11) is 1.62. The lowest BCUT2D eigenvalue weighted by atomic mass is 9.92. The second kappa shape index (κ2) is 8.17. The number of benzene rings is 2. The number of ketones is 1. The number of anilines is 1. The highest BCUT2D eigenvalue weighted by Gasteiger charge is 2.23. The van der Waals surface area contributed by atoms with Crippen molar-refractivity contribution in [2.45, 2.75) is 19.3 Å². The van der Waals surface area contributed by atoms with Gasteiger partial charge >= 0.3 is 0 Å². The van der Waals surface area contributed by atoms with Crippen molar-refractivity contribution in [1.29, 1.82) is 5.26 Å². The minimum absolute atomic E-state index is 0.0510. The Labute approximate surface area is 153 Å². The summed E-state index contributed by atoms with van der Waals surface area (Å²) in [5, 5.41) is 12.8. The highest BCUT2D eigenvalue weighted by atomic mass is 16.5. The molecule has 26 heavy (non-hydrogen) atoms. The summed E-state index contributed by atoms with van der Waals surface area (Å²) in [5.74, 6) is 0.820. The second-order valence-electron chi connectivity index (χ2n) is 6.04.